The number of nitrogens with two attached hydrogens (primary N) is 1. The molecule has 0 radical (unpaired) electrons. The molecule has 1 heterocycles. The van der Waals surface area contributed by atoms with E-state index < -0.39 is 25.5 Å². The van der Waals surface area contributed by atoms with Gasteiger partial charge in [0.1, 0.15) is 5.69 Å². The Bertz CT molecular complexity index is 742. The molecule has 3 N–H and O–H groups in total. The number of nitrogens with zero attached hydrogens (tertiary/aromatic N) is 1. The number of para-hydroxylation sites is 1. The van der Waals surface area contributed by atoms with Crippen molar-refractivity contribution in [1.82, 2.24) is 4.72 Å². The predicted octanol–water partition coefficient (Wildman–Crippen LogP) is 1.76. The lowest BCUT2D eigenvalue weighted by Crippen LogP contribution is -2.26. The fourth-order valence-corrected chi connectivity index (χ4v) is 3.73. The number of hydrogen-bond acceptors (Lipinski definition) is 6. The van der Waals surface area contributed by atoms with E-state index in [1.807, 2.05) is 16.8 Å². The molecule has 0 saturated heterocycles. The Morgan fingerprint density at radius 2 is 2.10 bits per heavy atom. The molecule has 0 bridgehead atoms. The van der Waals surface area contributed by atoms with Crippen molar-refractivity contribution < 1.29 is 13.3 Å². The van der Waals surface area contributed by atoms with Gasteiger partial charge in [-0.05, 0) is 40.9 Å². The summed E-state index contributed by atoms with van der Waals surface area (Å²) in [5, 5.41) is 14.8. The minimum Gasteiger partial charge on any atom is -0.393 e. The number of nitro groups is 1. The summed E-state index contributed by atoms with van der Waals surface area (Å²) >= 11 is 1.52. The van der Waals surface area contributed by atoms with E-state index in [0.717, 1.165) is 5.56 Å². The van der Waals surface area contributed by atoms with E-state index in [1.165, 1.54) is 29.5 Å². The highest BCUT2D eigenvalue weighted by atomic mass is 32.2. The van der Waals surface area contributed by atoms with Crippen molar-refractivity contribution in [1.29, 1.82) is 0 Å². The Morgan fingerprint density at radius 3 is 2.71 bits per heavy atom. The van der Waals surface area contributed by atoms with Gasteiger partial charge < -0.3 is 5.73 Å². The van der Waals surface area contributed by atoms with Gasteiger partial charge in [0.05, 0.1) is 4.92 Å². The van der Waals surface area contributed by atoms with Crippen LogP contribution < -0.4 is 10.5 Å². The van der Waals surface area contributed by atoms with Gasteiger partial charge in [-0.1, -0.05) is 6.07 Å². The van der Waals surface area contributed by atoms with Crippen molar-refractivity contribution in [3.8, 4) is 0 Å². The highest BCUT2D eigenvalue weighted by molar-refractivity contribution is 7.89. The maximum atomic E-state index is 12.2. The van der Waals surface area contributed by atoms with Crippen LogP contribution >= 0.6 is 11.3 Å². The molecule has 2 aromatic rings. The maximum absolute atomic E-state index is 12.2. The van der Waals surface area contributed by atoms with E-state index in [4.69, 9.17) is 5.73 Å². The normalized spacial score (nSPS) is 11.4. The van der Waals surface area contributed by atoms with Crippen LogP contribution in [0.15, 0.2) is 39.9 Å². The van der Waals surface area contributed by atoms with Gasteiger partial charge in [0.15, 0.2) is 4.90 Å². The van der Waals surface area contributed by atoms with Crippen LogP contribution in [0, 0.1) is 10.1 Å². The Kier molecular flexibility index (Phi) is 4.56. The third kappa shape index (κ3) is 3.57. The first kappa shape index (κ1) is 15.4. The second-order valence-electron chi connectivity index (χ2n) is 4.23. The second-order valence-corrected chi connectivity index (χ2v) is 6.75. The molecule has 0 spiro atoms. The molecule has 112 valence electrons. The largest absolute Gasteiger partial charge is 0.393 e. The van der Waals surface area contributed by atoms with Gasteiger partial charge in [-0.3, -0.25) is 10.1 Å². The molecule has 21 heavy (non-hydrogen) atoms. The van der Waals surface area contributed by atoms with Crippen molar-refractivity contribution in [2.75, 3.05) is 12.3 Å². The fourth-order valence-electron chi connectivity index (χ4n) is 1.79. The Hall–Kier alpha value is -1.97. The van der Waals surface area contributed by atoms with Gasteiger partial charge in [-0.25, -0.2) is 13.1 Å². The molecular weight excluding hydrogens is 314 g/mol. The summed E-state index contributed by atoms with van der Waals surface area (Å²) in [6.45, 7) is 0.158. The van der Waals surface area contributed by atoms with Crippen LogP contribution in [-0.4, -0.2) is 19.9 Å². The molecule has 9 heteroatoms. The van der Waals surface area contributed by atoms with Crippen molar-refractivity contribution in [2.24, 2.45) is 0 Å². The number of benzene rings is 1. The smallest absolute Gasteiger partial charge is 0.312 e. The van der Waals surface area contributed by atoms with E-state index in [9.17, 15) is 18.5 Å². The maximum Gasteiger partial charge on any atom is 0.312 e. The van der Waals surface area contributed by atoms with Crippen LogP contribution in [-0.2, 0) is 16.4 Å². The lowest BCUT2D eigenvalue weighted by Gasteiger charge is -2.08. The van der Waals surface area contributed by atoms with E-state index in [-0.39, 0.29) is 12.2 Å². The number of hydrogen-bond donors (Lipinski definition) is 2. The molecule has 2 rings (SSSR count). The Morgan fingerprint density at radius 1 is 1.33 bits per heavy atom. The van der Waals surface area contributed by atoms with Crippen LogP contribution in [0.3, 0.4) is 0 Å². The number of thiophene rings is 1. The van der Waals surface area contributed by atoms with Crippen molar-refractivity contribution in [2.45, 2.75) is 11.3 Å². The van der Waals surface area contributed by atoms with E-state index in [1.54, 1.807) is 0 Å². The number of nitrogens with one attached hydrogen (secondary N) is 1. The fraction of sp³-hybridized carbons (Fsp3) is 0.167. The van der Waals surface area contributed by atoms with Crippen LogP contribution in [0.2, 0.25) is 0 Å². The summed E-state index contributed by atoms with van der Waals surface area (Å²) in [7, 11) is -3.98. The molecule has 0 fully saturated rings. The lowest BCUT2D eigenvalue weighted by atomic mass is 10.2. The van der Waals surface area contributed by atoms with Crippen molar-refractivity contribution in [3.63, 3.8) is 0 Å². The Labute approximate surface area is 125 Å². The van der Waals surface area contributed by atoms with Crippen LogP contribution in [0.25, 0.3) is 0 Å². The first-order valence-corrected chi connectivity index (χ1v) is 8.38. The van der Waals surface area contributed by atoms with Gasteiger partial charge in [0.25, 0.3) is 0 Å². The van der Waals surface area contributed by atoms with E-state index in [0.29, 0.717) is 6.42 Å². The van der Waals surface area contributed by atoms with E-state index in [2.05, 4.69) is 4.72 Å². The van der Waals surface area contributed by atoms with Gasteiger partial charge in [0, 0.05) is 6.54 Å². The monoisotopic (exact) mass is 327 g/mol. The molecule has 0 atom stereocenters. The number of nitro benzene ring substituents is 1. The van der Waals surface area contributed by atoms with Gasteiger partial charge in [-0.2, -0.15) is 11.3 Å². The molecule has 0 aliphatic carbocycles. The molecular formula is C12H13N3O4S2. The minimum absolute atomic E-state index is 0.158. The summed E-state index contributed by atoms with van der Waals surface area (Å²) in [5.41, 5.74) is 5.72. The predicted molar refractivity (Wildman–Crippen MR) is 80.7 cm³/mol. The van der Waals surface area contributed by atoms with Crippen LogP contribution in [0.1, 0.15) is 5.56 Å². The minimum atomic E-state index is -3.98. The lowest BCUT2D eigenvalue weighted by molar-refractivity contribution is -0.386. The first-order valence-electron chi connectivity index (χ1n) is 5.95. The average molecular weight is 327 g/mol. The number of rotatable bonds is 6. The van der Waals surface area contributed by atoms with Crippen molar-refractivity contribution >= 4 is 32.7 Å². The highest BCUT2D eigenvalue weighted by Crippen LogP contribution is 2.29. The van der Waals surface area contributed by atoms with Crippen LogP contribution in [0.4, 0.5) is 11.4 Å². The average Bonchev–Trinajstić information content (AvgIpc) is 2.91. The molecule has 0 aliphatic heterocycles. The van der Waals surface area contributed by atoms with Gasteiger partial charge in [0.2, 0.25) is 10.0 Å². The summed E-state index contributed by atoms with van der Waals surface area (Å²) in [6, 6.07) is 5.72. The Balaban J connectivity index is 2.20. The summed E-state index contributed by atoms with van der Waals surface area (Å²) in [4.78, 5) is 9.78. The third-order valence-electron chi connectivity index (χ3n) is 2.79. The standard InChI is InChI=1S/C12H13N3O4S2/c13-10-2-1-3-11(12(10)15(16)17)21(18,19)14-6-4-9-5-7-20-8-9/h1-3,5,7-8,14H,4,6,13H2. The molecule has 0 unspecified atom stereocenters. The first-order chi connectivity index (χ1) is 9.92. The molecule has 0 saturated carbocycles. The third-order valence-corrected chi connectivity index (χ3v) is 5.01. The summed E-state index contributed by atoms with van der Waals surface area (Å²) < 4.78 is 26.7. The van der Waals surface area contributed by atoms with Crippen molar-refractivity contribution in [3.05, 3.63) is 50.7 Å². The van der Waals surface area contributed by atoms with E-state index >= 15 is 0 Å². The molecule has 1 aromatic heterocycles. The quantitative estimate of drug-likeness (QED) is 0.476. The van der Waals surface area contributed by atoms with Crippen LogP contribution in [0.5, 0.6) is 0 Å². The molecule has 1 aromatic carbocycles. The van der Waals surface area contributed by atoms with Gasteiger partial charge in [-0.15, -0.1) is 0 Å². The summed E-state index contributed by atoms with van der Waals surface area (Å²) in [6.07, 6.45) is 0.513. The highest BCUT2D eigenvalue weighted by Gasteiger charge is 2.27. The molecule has 0 amide bonds. The molecule has 0 aliphatic rings. The number of sulfonamides is 1. The zero-order chi connectivity index (χ0) is 15.5. The topological polar surface area (TPSA) is 115 Å². The zero-order valence-corrected chi connectivity index (χ0v) is 12.5. The number of anilines is 1. The summed E-state index contributed by atoms with van der Waals surface area (Å²) in [5.74, 6) is 0. The molecule has 7 nitrogen and oxygen atoms in total. The zero-order valence-electron chi connectivity index (χ0n) is 10.9. The second kappa shape index (κ2) is 6.20. The van der Waals surface area contributed by atoms with Gasteiger partial charge >= 0.3 is 5.69 Å². The number of nitrogen functional groups attached to an aromatic ring is 1. The SMILES string of the molecule is Nc1cccc(S(=O)(=O)NCCc2ccsc2)c1[N+](=O)[O-].